The van der Waals surface area contributed by atoms with Crippen molar-refractivity contribution in [3.63, 3.8) is 0 Å². The first-order valence-electron chi connectivity index (χ1n) is 6.43. The fourth-order valence-electron chi connectivity index (χ4n) is 1.91. The Kier molecular flexibility index (Phi) is 4.81. The summed E-state index contributed by atoms with van der Waals surface area (Å²) < 4.78 is 0. The molecular formula is C16H14ClN3O. The number of hydrogen-bond donors (Lipinski definition) is 2. The van der Waals surface area contributed by atoms with Crippen molar-refractivity contribution in [3.05, 3.63) is 58.6 Å². The molecule has 5 heteroatoms. The van der Waals surface area contributed by atoms with Crippen molar-refractivity contribution in [2.75, 3.05) is 11.1 Å². The summed E-state index contributed by atoms with van der Waals surface area (Å²) in [5.74, 6) is -0.171. The molecule has 0 spiro atoms. The molecule has 2 aromatic carbocycles. The number of carbonyl (C=O) groups is 1. The summed E-state index contributed by atoms with van der Waals surface area (Å²) in [5, 5.41) is 12.0. The molecule has 0 heterocycles. The number of amides is 1. The van der Waals surface area contributed by atoms with Gasteiger partial charge in [-0.15, -0.1) is 0 Å². The van der Waals surface area contributed by atoms with Gasteiger partial charge in [0.05, 0.1) is 22.3 Å². The highest BCUT2D eigenvalue weighted by Crippen LogP contribution is 2.23. The molecule has 0 unspecified atom stereocenters. The van der Waals surface area contributed by atoms with Crippen molar-refractivity contribution in [2.45, 2.75) is 12.8 Å². The molecule has 0 saturated heterocycles. The molecule has 0 saturated carbocycles. The van der Waals surface area contributed by atoms with E-state index >= 15 is 0 Å². The van der Waals surface area contributed by atoms with E-state index in [1.54, 1.807) is 24.3 Å². The fraction of sp³-hybridized carbons (Fsp3) is 0.125. The van der Waals surface area contributed by atoms with Gasteiger partial charge in [-0.05, 0) is 36.2 Å². The number of benzene rings is 2. The van der Waals surface area contributed by atoms with Gasteiger partial charge in [0.25, 0.3) is 0 Å². The summed E-state index contributed by atoms with van der Waals surface area (Å²) >= 11 is 6.00. The molecule has 106 valence electrons. The van der Waals surface area contributed by atoms with Crippen LogP contribution in [0.15, 0.2) is 42.5 Å². The maximum Gasteiger partial charge on any atom is 0.224 e. The third kappa shape index (κ3) is 3.98. The van der Waals surface area contributed by atoms with Gasteiger partial charge >= 0.3 is 0 Å². The molecule has 0 radical (unpaired) electrons. The highest BCUT2D eigenvalue weighted by atomic mass is 35.5. The zero-order valence-corrected chi connectivity index (χ0v) is 12.0. The minimum absolute atomic E-state index is 0.171. The van der Waals surface area contributed by atoms with Crippen LogP contribution in [0.2, 0.25) is 5.02 Å². The van der Waals surface area contributed by atoms with Gasteiger partial charge in [0, 0.05) is 12.1 Å². The van der Waals surface area contributed by atoms with Gasteiger partial charge < -0.3 is 11.1 Å². The van der Waals surface area contributed by atoms with E-state index in [1.165, 1.54) is 0 Å². The van der Waals surface area contributed by atoms with Crippen LogP contribution in [-0.2, 0) is 11.2 Å². The number of aryl methyl sites for hydroxylation is 1. The van der Waals surface area contributed by atoms with Gasteiger partial charge in [-0.1, -0.05) is 29.8 Å². The molecule has 3 N–H and O–H groups in total. The Balaban J connectivity index is 2.00. The number of nitrogens with two attached hydrogens (primary N) is 1. The molecule has 0 atom stereocenters. The van der Waals surface area contributed by atoms with Crippen LogP contribution in [0.3, 0.4) is 0 Å². The Labute approximate surface area is 128 Å². The molecule has 0 aliphatic rings. The van der Waals surface area contributed by atoms with Crippen LogP contribution in [0.5, 0.6) is 0 Å². The summed E-state index contributed by atoms with van der Waals surface area (Å²) in [6.45, 7) is 0. The van der Waals surface area contributed by atoms with Crippen LogP contribution in [0, 0.1) is 11.3 Å². The lowest BCUT2D eigenvalue weighted by Gasteiger charge is -2.08. The molecule has 0 bridgehead atoms. The average Bonchev–Trinajstić information content (AvgIpc) is 2.48. The molecule has 0 aliphatic carbocycles. The van der Waals surface area contributed by atoms with Gasteiger partial charge in [0.1, 0.15) is 0 Å². The summed E-state index contributed by atoms with van der Waals surface area (Å²) in [5.41, 5.74) is 8.34. The van der Waals surface area contributed by atoms with Crippen molar-refractivity contribution in [1.82, 2.24) is 0 Å². The minimum Gasteiger partial charge on any atom is -0.399 e. The molecule has 4 nitrogen and oxygen atoms in total. The van der Waals surface area contributed by atoms with Crippen molar-refractivity contribution in [1.29, 1.82) is 5.26 Å². The minimum atomic E-state index is -0.171. The highest BCUT2D eigenvalue weighted by molar-refractivity contribution is 6.33. The Bertz CT molecular complexity index is 707. The first kappa shape index (κ1) is 14.9. The van der Waals surface area contributed by atoms with Crippen molar-refractivity contribution < 1.29 is 4.79 Å². The summed E-state index contributed by atoms with van der Waals surface area (Å²) in [7, 11) is 0. The number of nitrogens with zero attached hydrogens (tertiary/aromatic N) is 1. The predicted molar refractivity (Wildman–Crippen MR) is 84.0 cm³/mol. The number of hydrogen-bond acceptors (Lipinski definition) is 3. The van der Waals surface area contributed by atoms with Crippen molar-refractivity contribution >= 4 is 28.9 Å². The van der Waals surface area contributed by atoms with E-state index in [0.717, 1.165) is 5.56 Å². The van der Waals surface area contributed by atoms with E-state index in [1.807, 2.05) is 24.3 Å². The molecule has 0 aliphatic heterocycles. The molecule has 0 aromatic heterocycles. The monoisotopic (exact) mass is 299 g/mol. The second-order valence-corrected chi connectivity index (χ2v) is 4.96. The number of para-hydroxylation sites is 1. The van der Waals surface area contributed by atoms with E-state index < -0.39 is 0 Å². The van der Waals surface area contributed by atoms with Gasteiger partial charge in [0.2, 0.25) is 5.91 Å². The van der Waals surface area contributed by atoms with Crippen LogP contribution < -0.4 is 11.1 Å². The first-order chi connectivity index (χ1) is 10.1. The Hall–Kier alpha value is -2.51. The maximum absolute atomic E-state index is 12.0. The number of anilines is 2. The van der Waals surface area contributed by atoms with Gasteiger partial charge in [-0.3, -0.25) is 4.79 Å². The van der Waals surface area contributed by atoms with Crippen LogP contribution >= 0.6 is 11.6 Å². The quantitative estimate of drug-likeness (QED) is 0.850. The third-order valence-electron chi connectivity index (χ3n) is 3.05. The third-order valence-corrected chi connectivity index (χ3v) is 3.38. The number of carbonyl (C=O) groups excluding carboxylic acids is 1. The molecule has 0 fully saturated rings. The first-order valence-corrected chi connectivity index (χ1v) is 6.81. The average molecular weight is 300 g/mol. The van der Waals surface area contributed by atoms with E-state index in [-0.39, 0.29) is 5.91 Å². The lowest BCUT2D eigenvalue weighted by molar-refractivity contribution is -0.116. The van der Waals surface area contributed by atoms with E-state index in [4.69, 9.17) is 22.6 Å². The second-order valence-electron chi connectivity index (χ2n) is 4.55. The molecule has 2 rings (SSSR count). The predicted octanol–water partition coefficient (Wildman–Crippen LogP) is 3.37. The zero-order chi connectivity index (χ0) is 15.2. The summed E-state index contributed by atoms with van der Waals surface area (Å²) in [6.07, 6.45) is 0.843. The molecular weight excluding hydrogens is 286 g/mol. The van der Waals surface area contributed by atoms with Crippen molar-refractivity contribution in [3.8, 4) is 6.07 Å². The second kappa shape index (κ2) is 6.78. The summed E-state index contributed by atoms with van der Waals surface area (Å²) in [4.78, 5) is 12.0. The Morgan fingerprint density at radius 2 is 2.05 bits per heavy atom. The maximum atomic E-state index is 12.0. The fourth-order valence-corrected chi connectivity index (χ4v) is 2.08. The Morgan fingerprint density at radius 1 is 1.29 bits per heavy atom. The lowest BCUT2D eigenvalue weighted by atomic mass is 10.1. The van der Waals surface area contributed by atoms with Gasteiger partial charge in [-0.25, -0.2) is 0 Å². The van der Waals surface area contributed by atoms with Crippen LogP contribution in [0.25, 0.3) is 0 Å². The summed E-state index contributed by atoms with van der Waals surface area (Å²) in [6, 6.07) is 14.2. The molecule has 21 heavy (non-hydrogen) atoms. The van der Waals surface area contributed by atoms with E-state index in [9.17, 15) is 4.79 Å². The number of halogens is 1. The largest absolute Gasteiger partial charge is 0.399 e. The normalized spacial score (nSPS) is 9.90. The standard InChI is InChI=1S/C16H14ClN3O/c17-13-7-5-11(10-18)9-15(13)20-16(21)8-6-12-3-1-2-4-14(12)19/h1-5,7,9H,6,8,19H2,(H,20,21). The van der Waals surface area contributed by atoms with Crippen molar-refractivity contribution in [2.24, 2.45) is 0 Å². The van der Waals surface area contributed by atoms with Gasteiger partial charge in [-0.2, -0.15) is 5.26 Å². The Morgan fingerprint density at radius 3 is 2.76 bits per heavy atom. The van der Waals surface area contributed by atoms with Crippen LogP contribution in [-0.4, -0.2) is 5.91 Å². The van der Waals surface area contributed by atoms with Crippen LogP contribution in [0.4, 0.5) is 11.4 Å². The van der Waals surface area contributed by atoms with E-state index in [2.05, 4.69) is 5.32 Å². The smallest absolute Gasteiger partial charge is 0.224 e. The zero-order valence-electron chi connectivity index (χ0n) is 11.3. The van der Waals surface area contributed by atoms with E-state index in [0.29, 0.717) is 34.8 Å². The molecule has 2 aromatic rings. The SMILES string of the molecule is N#Cc1ccc(Cl)c(NC(=O)CCc2ccccc2N)c1. The number of nitriles is 1. The number of nitrogen functional groups attached to an aromatic ring is 1. The lowest BCUT2D eigenvalue weighted by Crippen LogP contribution is -2.13. The molecule has 1 amide bonds. The van der Waals surface area contributed by atoms with Gasteiger partial charge in [0.15, 0.2) is 0 Å². The van der Waals surface area contributed by atoms with Crippen LogP contribution in [0.1, 0.15) is 17.5 Å². The number of nitrogens with one attached hydrogen (secondary N) is 1. The highest BCUT2D eigenvalue weighted by Gasteiger charge is 2.08. The number of rotatable bonds is 4. The topological polar surface area (TPSA) is 78.9 Å².